The van der Waals surface area contributed by atoms with Crippen LogP contribution >= 0.6 is 0 Å². The molecule has 1 unspecified atom stereocenters. The van der Waals surface area contributed by atoms with E-state index in [-0.39, 0.29) is 13.0 Å². The van der Waals surface area contributed by atoms with Crippen LogP contribution in [0.25, 0.3) is 0 Å². The minimum Gasteiger partial charge on any atom is -0.469 e. The van der Waals surface area contributed by atoms with Crippen LogP contribution in [-0.2, 0) is 38.1 Å². The van der Waals surface area contributed by atoms with Crippen LogP contribution in [0.2, 0.25) is 0 Å². The van der Waals surface area contributed by atoms with Gasteiger partial charge < -0.3 is 18.9 Å². The number of esters is 4. The summed E-state index contributed by atoms with van der Waals surface area (Å²) in [6.45, 7) is 1.58. The highest BCUT2D eigenvalue weighted by molar-refractivity contribution is 5.91. The molecule has 0 aromatic carbocycles. The summed E-state index contributed by atoms with van der Waals surface area (Å²) < 4.78 is 18.2. The van der Waals surface area contributed by atoms with Gasteiger partial charge in [-0.3, -0.25) is 19.2 Å². The second-order valence-electron chi connectivity index (χ2n) is 3.82. The Hall–Kier alpha value is -2.12. The lowest BCUT2D eigenvalue weighted by molar-refractivity contribution is -0.156. The molecule has 0 aromatic rings. The third-order valence-electron chi connectivity index (χ3n) is 2.15. The Morgan fingerprint density at radius 1 is 0.850 bits per heavy atom. The van der Waals surface area contributed by atoms with Crippen LogP contribution in [0, 0.1) is 0 Å². The van der Waals surface area contributed by atoms with Gasteiger partial charge in [0.15, 0.2) is 0 Å². The SMILES string of the molecule is COC(=O)CC(=O)OCCC(C)OC(=O)CC(=O)OC. The van der Waals surface area contributed by atoms with Gasteiger partial charge in [0.05, 0.1) is 20.8 Å². The maximum absolute atomic E-state index is 11.2. The number of hydrogen-bond donors (Lipinski definition) is 0. The lowest BCUT2D eigenvalue weighted by Gasteiger charge is -2.12. The van der Waals surface area contributed by atoms with E-state index in [1.54, 1.807) is 6.92 Å². The van der Waals surface area contributed by atoms with Gasteiger partial charge in [0.25, 0.3) is 0 Å². The van der Waals surface area contributed by atoms with E-state index < -0.39 is 42.8 Å². The van der Waals surface area contributed by atoms with Crippen LogP contribution < -0.4 is 0 Å². The van der Waals surface area contributed by atoms with Gasteiger partial charge in [0.1, 0.15) is 18.9 Å². The summed E-state index contributed by atoms with van der Waals surface area (Å²) in [5, 5.41) is 0. The second-order valence-corrected chi connectivity index (χ2v) is 3.82. The zero-order valence-electron chi connectivity index (χ0n) is 11.7. The Kier molecular flexibility index (Phi) is 8.73. The quantitative estimate of drug-likeness (QED) is 0.349. The number of methoxy groups -OCH3 is 2. The zero-order valence-corrected chi connectivity index (χ0v) is 11.7. The Morgan fingerprint density at radius 3 is 1.85 bits per heavy atom. The third-order valence-corrected chi connectivity index (χ3v) is 2.15. The average Bonchev–Trinajstić information content (AvgIpc) is 2.37. The normalized spacial score (nSPS) is 11.2. The highest BCUT2D eigenvalue weighted by atomic mass is 16.6. The summed E-state index contributed by atoms with van der Waals surface area (Å²) >= 11 is 0. The molecular formula is C12H18O8. The van der Waals surface area contributed by atoms with Crippen LogP contribution in [-0.4, -0.2) is 50.8 Å². The molecule has 0 saturated carbocycles. The smallest absolute Gasteiger partial charge is 0.317 e. The number of rotatable bonds is 8. The fourth-order valence-electron chi connectivity index (χ4n) is 1.09. The molecule has 0 fully saturated rings. The molecule has 20 heavy (non-hydrogen) atoms. The van der Waals surface area contributed by atoms with Crippen molar-refractivity contribution in [3.63, 3.8) is 0 Å². The maximum atomic E-state index is 11.2. The van der Waals surface area contributed by atoms with E-state index in [2.05, 4.69) is 9.47 Å². The van der Waals surface area contributed by atoms with Crippen LogP contribution in [0.3, 0.4) is 0 Å². The summed E-state index contributed by atoms with van der Waals surface area (Å²) in [5.41, 5.74) is 0. The first-order valence-corrected chi connectivity index (χ1v) is 5.87. The molecule has 0 rings (SSSR count). The van der Waals surface area contributed by atoms with Gasteiger partial charge in [-0.25, -0.2) is 0 Å². The molecule has 8 nitrogen and oxygen atoms in total. The Morgan fingerprint density at radius 2 is 1.35 bits per heavy atom. The summed E-state index contributed by atoms with van der Waals surface area (Å²) in [7, 11) is 2.33. The largest absolute Gasteiger partial charge is 0.469 e. The van der Waals surface area contributed by atoms with Crippen molar-refractivity contribution < 1.29 is 38.1 Å². The van der Waals surface area contributed by atoms with Crippen LogP contribution in [0.15, 0.2) is 0 Å². The monoisotopic (exact) mass is 290 g/mol. The van der Waals surface area contributed by atoms with E-state index >= 15 is 0 Å². The maximum Gasteiger partial charge on any atom is 0.317 e. The summed E-state index contributed by atoms with van der Waals surface area (Å²) in [5.74, 6) is -2.81. The molecule has 0 saturated heterocycles. The molecule has 0 aliphatic rings. The van der Waals surface area contributed by atoms with Gasteiger partial charge in [-0.05, 0) is 6.92 Å². The van der Waals surface area contributed by atoms with Crippen molar-refractivity contribution in [1.29, 1.82) is 0 Å². The van der Waals surface area contributed by atoms with Crippen molar-refractivity contribution in [2.75, 3.05) is 20.8 Å². The van der Waals surface area contributed by atoms with Crippen LogP contribution in [0.5, 0.6) is 0 Å². The Bertz CT molecular complexity index is 362. The Balaban J connectivity index is 3.80. The first-order chi connectivity index (χ1) is 9.38. The second kappa shape index (κ2) is 9.76. The van der Waals surface area contributed by atoms with Gasteiger partial charge in [-0.15, -0.1) is 0 Å². The lowest BCUT2D eigenvalue weighted by atomic mass is 10.3. The van der Waals surface area contributed by atoms with Gasteiger partial charge in [0.2, 0.25) is 0 Å². The molecule has 0 amide bonds. The summed E-state index contributed by atoms with van der Waals surface area (Å²) in [6, 6.07) is 0. The number of carbonyl (C=O) groups excluding carboxylic acids is 4. The fraction of sp³-hybridized carbons (Fsp3) is 0.667. The van der Waals surface area contributed by atoms with Crippen LogP contribution in [0.1, 0.15) is 26.2 Å². The van der Waals surface area contributed by atoms with Crippen molar-refractivity contribution in [3.05, 3.63) is 0 Å². The lowest BCUT2D eigenvalue weighted by Crippen LogP contribution is -2.21. The van der Waals surface area contributed by atoms with Gasteiger partial charge in [0, 0.05) is 6.42 Å². The number of hydrogen-bond acceptors (Lipinski definition) is 8. The fourth-order valence-corrected chi connectivity index (χ4v) is 1.09. The van der Waals surface area contributed by atoms with Crippen molar-refractivity contribution in [2.24, 2.45) is 0 Å². The summed E-state index contributed by atoms with van der Waals surface area (Å²) in [6.07, 6.45) is -1.21. The van der Waals surface area contributed by atoms with Gasteiger partial charge in [-0.1, -0.05) is 0 Å². The number of ether oxygens (including phenoxy) is 4. The molecule has 8 heteroatoms. The highest BCUT2D eigenvalue weighted by Crippen LogP contribution is 2.02. The molecule has 114 valence electrons. The number of carbonyl (C=O) groups is 4. The molecule has 0 aliphatic carbocycles. The van der Waals surface area contributed by atoms with E-state index in [1.165, 1.54) is 14.2 Å². The minimum absolute atomic E-state index is 0.0114. The molecule has 1 atom stereocenters. The molecule has 0 N–H and O–H groups in total. The molecule has 0 aliphatic heterocycles. The average molecular weight is 290 g/mol. The summed E-state index contributed by atoms with van der Waals surface area (Å²) in [4.78, 5) is 43.9. The van der Waals surface area contributed by atoms with E-state index in [4.69, 9.17) is 9.47 Å². The topological polar surface area (TPSA) is 105 Å². The van der Waals surface area contributed by atoms with Crippen LogP contribution in [0.4, 0.5) is 0 Å². The first kappa shape index (κ1) is 17.9. The molecular weight excluding hydrogens is 272 g/mol. The zero-order chi connectivity index (χ0) is 15.5. The van der Waals surface area contributed by atoms with Gasteiger partial charge >= 0.3 is 23.9 Å². The molecule has 0 heterocycles. The predicted molar refractivity (Wildman–Crippen MR) is 64.4 cm³/mol. The third kappa shape index (κ3) is 8.90. The highest BCUT2D eigenvalue weighted by Gasteiger charge is 2.15. The molecule has 0 radical (unpaired) electrons. The predicted octanol–water partition coefficient (Wildman–Crippen LogP) is -0.0224. The minimum atomic E-state index is -0.718. The van der Waals surface area contributed by atoms with E-state index in [0.717, 1.165) is 0 Å². The van der Waals surface area contributed by atoms with E-state index in [1.807, 2.05) is 0 Å². The van der Waals surface area contributed by atoms with Crippen molar-refractivity contribution in [3.8, 4) is 0 Å². The Labute approximate surface area is 116 Å². The van der Waals surface area contributed by atoms with Crippen molar-refractivity contribution in [1.82, 2.24) is 0 Å². The van der Waals surface area contributed by atoms with Gasteiger partial charge in [-0.2, -0.15) is 0 Å². The van der Waals surface area contributed by atoms with E-state index in [0.29, 0.717) is 0 Å². The first-order valence-electron chi connectivity index (χ1n) is 5.87. The molecule has 0 spiro atoms. The van der Waals surface area contributed by atoms with E-state index in [9.17, 15) is 19.2 Å². The van der Waals surface area contributed by atoms with Crippen molar-refractivity contribution >= 4 is 23.9 Å². The van der Waals surface area contributed by atoms with Crippen molar-refractivity contribution in [2.45, 2.75) is 32.3 Å². The molecule has 0 aromatic heterocycles. The standard InChI is InChI=1S/C12H18O8/c1-8(20-12(16)7-10(14)18-3)4-5-19-11(15)6-9(13)17-2/h8H,4-7H2,1-3H3. The molecule has 0 bridgehead atoms.